The molecule has 0 fully saturated rings. The Kier molecular flexibility index (Phi) is 3.37. The van der Waals surface area contributed by atoms with Gasteiger partial charge in [-0.05, 0) is 25.1 Å². The second-order valence-electron chi connectivity index (χ2n) is 4.00. The number of hydrogen-bond acceptors (Lipinski definition) is 5. The molecule has 2 rings (SSSR count). The Morgan fingerprint density at radius 2 is 2.16 bits per heavy atom. The zero-order valence-electron chi connectivity index (χ0n) is 10.4. The van der Waals surface area contributed by atoms with Gasteiger partial charge in [-0.15, -0.1) is 0 Å². The van der Waals surface area contributed by atoms with E-state index in [-0.39, 0.29) is 11.8 Å². The van der Waals surface area contributed by atoms with Crippen molar-refractivity contribution in [1.29, 1.82) is 0 Å². The van der Waals surface area contributed by atoms with Gasteiger partial charge in [-0.3, -0.25) is 14.9 Å². The Bertz CT molecular complexity index is 587. The average molecular weight is 264 g/mol. The first kappa shape index (κ1) is 12.9. The van der Waals surface area contributed by atoms with Crippen LogP contribution in [0.2, 0.25) is 0 Å². The molecule has 1 atom stereocenters. The Balaban J connectivity index is 2.16. The second-order valence-corrected chi connectivity index (χ2v) is 4.00. The number of nitrogens with zero attached hydrogens (tertiary/aromatic N) is 2. The summed E-state index contributed by atoms with van der Waals surface area (Å²) in [7, 11) is 1.57. The SMILES string of the molecule is CC(c1ccco1)N(C)C(=O)c1ccc([N+](=O)[O-])o1. The predicted molar refractivity (Wildman–Crippen MR) is 64.6 cm³/mol. The van der Waals surface area contributed by atoms with Crippen LogP contribution in [-0.4, -0.2) is 22.8 Å². The number of carbonyl (C=O) groups excluding carboxylic acids is 1. The van der Waals surface area contributed by atoms with Crippen molar-refractivity contribution in [2.45, 2.75) is 13.0 Å². The van der Waals surface area contributed by atoms with Crippen LogP contribution in [-0.2, 0) is 0 Å². The molecule has 1 amide bonds. The quantitative estimate of drug-likeness (QED) is 0.625. The highest BCUT2D eigenvalue weighted by atomic mass is 16.6. The molecule has 7 nitrogen and oxygen atoms in total. The van der Waals surface area contributed by atoms with E-state index < -0.39 is 16.7 Å². The Labute approximate surface area is 108 Å². The van der Waals surface area contributed by atoms with Crippen molar-refractivity contribution in [3.05, 3.63) is 52.2 Å². The summed E-state index contributed by atoms with van der Waals surface area (Å²) in [5.74, 6) is -0.357. The molecule has 2 aromatic rings. The van der Waals surface area contributed by atoms with Crippen LogP contribution < -0.4 is 0 Å². The van der Waals surface area contributed by atoms with Gasteiger partial charge in [0.15, 0.2) is 5.76 Å². The van der Waals surface area contributed by atoms with E-state index in [4.69, 9.17) is 8.83 Å². The maximum atomic E-state index is 12.1. The van der Waals surface area contributed by atoms with Crippen LogP contribution in [0, 0.1) is 10.1 Å². The third-order valence-corrected chi connectivity index (χ3v) is 2.84. The molecule has 100 valence electrons. The maximum absolute atomic E-state index is 12.1. The first-order valence-electron chi connectivity index (χ1n) is 5.55. The van der Waals surface area contributed by atoms with Gasteiger partial charge in [-0.25, -0.2) is 0 Å². The molecular weight excluding hydrogens is 252 g/mol. The monoisotopic (exact) mass is 264 g/mol. The molecule has 2 heterocycles. The maximum Gasteiger partial charge on any atom is 0.433 e. The van der Waals surface area contributed by atoms with Crippen molar-refractivity contribution in [1.82, 2.24) is 4.90 Å². The summed E-state index contributed by atoms with van der Waals surface area (Å²) in [6.45, 7) is 1.79. The lowest BCUT2D eigenvalue weighted by Gasteiger charge is -2.21. The molecule has 0 bridgehead atoms. The third kappa shape index (κ3) is 2.49. The summed E-state index contributed by atoms with van der Waals surface area (Å²) in [4.78, 5) is 23.3. The normalized spacial score (nSPS) is 12.1. The molecule has 1 unspecified atom stereocenters. The number of nitro groups is 1. The summed E-state index contributed by atoms with van der Waals surface area (Å²) in [6, 6.07) is 5.61. The van der Waals surface area contributed by atoms with E-state index >= 15 is 0 Å². The van der Waals surface area contributed by atoms with Gasteiger partial charge in [0.1, 0.15) is 10.7 Å². The van der Waals surface area contributed by atoms with Crippen molar-refractivity contribution in [2.24, 2.45) is 0 Å². The zero-order chi connectivity index (χ0) is 14.0. The highest BCUT2D eigenvalue weighted by Gasteiger charge is 2.25. The van der Waals surface area contributed by atoms with Gasteiger partial charge in [0, 0.05) is 7.05 Å². The van der Waals surface area contributed by atoms with Gasteiger partial charge in [0.2, 0.25) is 0 Å². The molecule has 19 heavy (non-hydrogen) atoms. The van der Waals surface area contributed by atoms with Crippen molar-refractivity contribution < 1.29 is 18.6 Å². The Hall–Kier alpha value is -2.57. The molecule has 0 saturated carbocycles. The van der Waals surface area contributed by atoms with E-state index in [1.807, 2.05) is 0 Å². The summed E-state index contributed by atoms with van der Waals surface area (Å²) in [6.07, 6.45) is 1.52. The molecule has 0 N–H and O–H groups in total. The van der Waals surface area contributed by atoms with Crippen molar-refractivity contribution in [3.63, 3.8) is 0 Å². The van der Waals surface area contributed by atoms with Crippen LogP contribution in [0.25, 0.3) is 0 Å². The highest BCUT2D eigenvalue weighted by molar-refractivity contribution is 5.91. The van der Waals surface area contributed by atoms with E-state index in [1.165, 1.54) is 17.2 Å². The highest BCUT2D eigenvalue weighted by Crippen LogP contribution is 2.23. The van der Waals surface area contributed by atoms with Gasteiger partial charge >= 0.3 is 5.88 Å². The van der Waals surface area contributed by atoms with Crippen LogP contribution in [0.3, 0.4) is 0 Å². The van der Waals surface area contributed by atoms with E-state index in [0.717, 1.165) is 6.07 Å². The Morgan fingerprint density at radius 1 is 1.42 bits per heavy atom. The fourth-order valence-electron chi connectivity index (χ4n) is 1.61. The molecule has 0 radical (unpaired) electrons. The standard InChI is InChI=1S/C12H12N2O5/c1-8(9-4-3-7-18-9)13(2)12(15)10-5-6-11(19-10)14(16)17/h3-8H,1-2H3. The lowest BCUT2D eigenvalue weighted by atomic mass is 10.2. The van der Waals surface area contributed by atoms with Gasteiger partial charge in [0.05, 0.1) is 18.4 Å². The van der Waals surface area contributed by atoms with Crippen molar-refractivity contribution >= 4 is 11.8 Å². The van der Waals surface area contributed by atoms with Crippen LogP contribution >= 0.6 is 0 Å². The topological polar surface area (TPSA) is 89.7 Å². The summed E-state index contributed by atoms with van der Waals surface area (Å²) in [5.41, 5.74) is 0. The van der Waals surface area contributed by atoms with E-state index in [2.05, 4.69) is 0 Å². The number of rotatable bonds is 4. The largest absolute Gasteiger partial charge is 0.467 e. The fourth-order valence-corrected chi connectivity index (χ4v) is 1.61. The first-order valence-corrected chi connectivity index (χ1v) is 5.55. The van der Waals surface area contributed by atoms with Crippen LogP contribution in [0.1, 0.15) is 29.3 Å². The van der Waals surface area contributed by atoms with E-state index in [1.54, 1.807) is 26.1 Å². The second kappa shape index (κ2) is 4.97. The molecular formula is C12H12N2O5. The minimum atomic E-state index is -0.688. The third-order valence-electron chi connectivity index (χ3n) is 2.84. The average Bonchev–Trinajstić information content (AvgIpc) is 3.06. The smallest absolute Gasteiger partial charge is 0.433 e. The van der Waals surface area contributed by atoms with Crippen molar-refractivity contribution in [3.8, 4) is 0 Å². The van der Waals surface area contributed by atoms with Gasteiger partial charge in [0.25, 0.3) is 5.91 Å². The lowest BCUT2D eigenvalue weighted by molar-refractivity contribution is -0.402. The van der Waals surface area contributed by atoms with Gasteiger partial charge in [-0.1, -0.05) is 0 Å². The number of furan rings is 2. The summed E-state index contributed by atoms with van der Waals surface area (Å²) >= 11 is 0. The van der Waals surface area contributed by atoms with Crippen LogP contribution in [0.4, 0.5) is 5.88 Å². The number of amides is 1. The predicted octanol–water partition coefficient (Wildman–Crippen LogP) is 2.61. The fraction of sp³-hybridized carbons (Fsp3) is 0.250. The van der Waals surface area contributed by atoms with E-state index in [9.17, 15) is 14.9 Å². The minimum Gasteiger partial charge on any atom is -0.467 e. The summed E-state index contributed by atoms with van der Waals surface area (Å²) < 4.78 is 10.1. The first-order chi connectivity index (χ1) is 9.00. The number of carbonyl (C=O) groups is 1. The molecule has 2 aromatic heterocycles. The molecule has 0 aliphatic heterocycles. The molecule has 0 aliphatic rings. The van der Waals surface area contributed by atoms with Gasteiger partial charge < -0.3 is 13.7 Å². The molecule has 0 aromatic carbocycles. The summed E-state index contributed by atoms with van der Waals surface area (Å²) in [5, 5.41) is 10.5. The lowest BCUT2D eigenvalue weighted by Crippen LogP contribution is -2.29. The number of hydrogen-bond donors (Lipinski definition) is 0. The molecule has 7 heteroatoms. The van der Waals surface area contributed by atoms with Crippen molar-refractivity contribution in [2.75, 3.05) is 7.05 Å². The zero-order valence-corrected chi connectivity index (χ0v) is 10.4. The minimum absolute atomic E-state index is 0.0763. The van der Waals surface area contributed by atoms with E-state index in [0.29, 0.717) is 5.76 Å². The molecule has 0 spiro atoms. The molecule has 0 aliphatic carbocycles. The molecule has 0 saturated heterocycles. The van der Waals surface area contributed by atoms with Crippen LogP contribution in [0.5, 0.6) is 0 Å². The van der Waals surface area contributed by atoms with Gasteiger partial charge in [-0.2, -0.15) is 0 Å². The van der Waals surface area contributed by atoms with Crippen LogP contribution in [0.15, 0.2) is 39.4 Å². The Morgan fingerprint density at radius 3 is 2.68 bits per heavy atom.